The highest BCUT2D eigenvalue weighted by Crippen LogP contribution is 2.26. The maximum atomic E-state index is 13.0. The second-order valence-electron chi connectivity index (χ2n) is 7.04. The molecule has 2 rings (SSSR count). The van der Waals surface area contributed by atoms with Crippen LogP contribution in [0.3, 0.4) is 0 Å². The molecule has 0 bridgehead atoms. The van der Waals surface area contributed by atoms with Crippen LogP contribution in [0.15, 0.2) is 42.5 Å². The number of nitrogens with one attached hydrogen (secondary N) is 1. The SMILES string of the molecule is CNC(=O)[C@H](C)N(Cc1ccc(Cl)c(Cl)c1)C(=O)COc1ccccc1C(C)C. The molecule has 0 spiro atoms. The van der Waals surface area contributed by atoms with E-state index in [1.54, 1.807) is 25.1 Å². The maximum Gasteiger partial charge on any atom is 0.261 e. The molecular weight excluding hydrogens is 411 g/mol. The van der Waals surface area contributed by atoms with E-state index in [0.717, 1.165) is 11.1 Å². The van der Waals surface area contributed by atoms with Gasteiger partial charge < -0.3 is 15.0 Å². The molecule has 0 saturated heterocycles. The van der Waals surface area contributed by atoms with Gasteiger partial charge in [-0.25, -0.2) is 0 Å². The van der Waals surface area contributed by atoms with E-state index in [4.69, 9.17) is 27.9 Å². The first-order chi connectivity index (χ1) is 13.7. The topological polar surface area (TPSA) is 58.6 Å². The van der Waals surface area contributed by atoms with Gasteiger partial charge in [-0.15, -0.1) is 0 Å². The molecule has 0 aliphatic carbocycles. The predicted molar refractivity (Wildman–Crippen MR) is 117 cm³/mol. The summed E-state index contributed by atoms with van der Waals surface area (Å²) < 4.78 is 5.82. The third kappa shape index (κ3) is 6.12. The molecule has 2 aromatic rings. The van der Waals surface area contributed by atoms with Crippen molar-refractivity contribution in [2.75, 3.05) is 13.7 Å². The van der Waals surface area contributed by atoms with Crippen molar-refractivity contribution >= 4 is 35.0 Å². The molecule has 0 aliphatic heterocycles. The first kappa shape index (κ1) is 23.0. The zero-order chi connectivity index (χ0) is 21.6. The van der Waals surface area contributed by atoms with Crippen molar-refractivity contribution < 1.29 is 14.3 Å². The zero-order valence-corrected chi connectivity index (χ0v) is 18.6. The van der Waals surface area contributed by atoms with Crippen molar-refractivity contribution in [1.82, 2.24) is 10.2 Å². The van der Waals surface area contributed by atoms with Crippen LogP contribution in [-0.2, 0) is 16.1 Å². The summed E-state index contributed by atoms with van der Waals surface area (Å²) in [6.07, 6.45) is 0. The number of carbonyl (C=O) groups is 2. The maximum absolute atomic E-state index is 13.0. The summed E-state index contributed by atoms with van der Waals surface area (Å²) in [6.45, 7) is 5.84. The summed E-state index contributed by atoms with van der Waals surface area (Å²) in [5, 5.41) is 3.41. The number of amides is 2. The standard InChI is InChI=1S/C22H26Cl2N2O3/c1-14(2)17-7-5-6-8-20(17)29-13-21(27)26(15(3)22(28)25-4)12-16-9-10-18(23)19(24)11-16/h5-11,14-15H,12-13H2,1-4H3,(H,25,28)/t15-/m0/s1. The average molecular weight is 437 g/mol. The molecule has 5 nitrogen and oxygen atoms in total. The second-order valence-corrected chi connectivity index (χ2v) is 7.86. The van der Waals surface area contributed by atoms with E-state index in [9.17, 15) is 9.59 Å². The van der Waals surface area contributed by atoms with E-state index in [1.165, 1.54) is 11.9 Å². The molecule has 1 N–H and O–H groups in total. The van der Waals surface area contributed by atoms with Gasteiger partial charge in [-0.3, -0.25) is 9.59 Å². The number of likely N-dealkylation sites (N-methyl/N-ethyl adjacent to an activating group) is 1. The van der Waals surface area contributed by atoms with Gasteiger partial charge in [0.1, 0.15) is 11.8 Å². The van der Waals surface area contributed by atoms with Crippen LogP contribution in [0.1, 0.15) is 37.8 Å². The van der Waals surface area contributed by atoms with Crippen LogP contribution in [0.25, 0.3) is 0 Å². The minimum Gasteiger partial charge on any atom is -0.483 e. The quantitative estimate of drug-likeness (QED) is 0.654. The molecule has 0 fully saturated rings. The Morgan fingerprint density at radius 1 is 1.07 bits per heavy atom. The predicted octanol–water partition coefficient (Wildman–Crippen LogP) is 4.66. The van der Waals surface area contributed by atoms with Crippen LogP contribution in [0.5, 0.6) is 5.75 Å². The largest absolute Gasteiger partial charge is 0.483 e. The number of benzene rings is 2. The molecule has 0 aliphatic rings. The Bertz CT molecular complexity index is 871. The third-order valence-corrected chi connectivity index (χ3v) is 5.38. The summed E-state index contributed by atoms with van der Waals surface area (Å²) in [7, 11) is 1.54. The Balaban J connectivity index is 2.20. The third-order valence-electron chi connectivity index (χ3n) is 4.64. The summed E-state index contributed by atoms with van der Waals surface area (Å²) in [5.74, 6) is 0.364. The lowest BCUT2D eigenvalue weighted by molar-refractivity contribution is -0.142. The molecule has 0 saturated carbocycles. The van der Waals surface area contributed by atoms with Crippen LogP contribution in [0, 0.1) is 0 Å². The molecule has 2 aromatic carbocycles. The highest BCUT2D eigenvalue weighted by atomic mass is 35.5. The number of carbonyl (C=O) groups excluding carboxylic acids is 2. The average Bonchev–Trinajstić information content (AvgIpc) is 2.71. The summed E-state index contributed by atoms with van der Waals surface area (Å²) >= 11 is 12.1. The van der Waals surface area contributed by atoms with Crippen molar-refractivity contribution in [3.05, 3.63) is 63.6 Å². The van der Waals surface area contributed by atoms with Gasteiger partial charge in [0, 0.05) is 13.6 Å². The van der Waals surface area contributed by atoms with E-state index in [1.807, 2.05) is 24.3 Å². The van der Waals surface area contributed by atoms with Crippen molar-refractivity contribution in [2.45, 2.75) is 39.3 Å². The van der Waals surface area contributed by atoms with Crippen molar-refractivity contribution in [2.24, 2.45) is 0 Å². The first-order valence-corrected chi connectivity index (χ1v) is 10.2. The molecule has 29 heavy (non-hydrogen) atoms. The molecule has 1 atom stereocenters. The van der Waals surface area contributed by atoms with Crippen molar-refractivity contribution in [1.29, 1.82) is 0 Å². The van der Waals surface area contributed by atoms with Gasteiger partial charge in [0.2, 0.25) is 5.91 Å². The van der Waals surface area contributed by atoms with Crippen molar-refractivity contribution in [3.8, 4) is 5.75 Å². The normalized spacial score (nSPS) is 11.8. The van der Waals surface area contributed by atoms with Crippen LogP contribution >= 0.6 is 23.2 Å². The fourth-order valence-corrected chi connectivity index (χ4v) is 3.26. The van der Waals surface area contributed by atoms with Crippen LogP contribution in [0.4, 0.5) is 0 Å². The molecule has 0 aromatic heterocycles. The molecule has 7 heteroatoms. The minimum absolute atomic E-state index is 0.174. The van der Waals surface area contributed by atoms with Crippen LogP contribution < -0.4 is 10.1 Å². The molecule has 0 radical (unpaired) electrons. The lowest BCUT2D eigenvalue weighted by Crippen LogP contribution is -2.48. The fraction of sp³-hybridized carbons (Fsp3) is 0.364. The van der Waals surface area contributed by atoms with Gasteiger partial charge in [0.05, 0.1) is 10.0 Å². The highest BCUT2D eigenvalue weighted by molar-refractivity contribution is 6.42. The summed E-state index contributed by atoms with van der Waals surface area (Å²) in [6, 6.07) is 12.1. The van der Waals surface area contributed by atoms with E-state index in [-0.39, 0.29) is 30.9 Å². The number of halogens is 2. The second kappa shape index (κ2) is 10.5. The monoisotopic (exact) mass is 436 g/mol. The van der Waals surface area contributed by atoms with Gasteiger partial charge >= 0.3 is 0 Å². The molecule has 0 unspecified atom stereocenters. The molecule has 0 heterocycles. The van der Waals surface area contributed by atoms with E-state index in [0.29, 0.717) is 15.8 Å². The van der Waals surface area contributed by atoms with Gasteiger partial charge in [0.15, 0.2) is 6.61 Å². The lowest BCUT2D eigenvalue weighted by Gasteiger charge is -2.28. The van der Waals surface area contributed by atoms with E-state index < -0.39 is 6.04 Å². The summed E-state index contributed by atoms with van der Waals surface area (Å²) in [4.78, 5) is 26.6. The van der Waals surface area contributed by atoms with E-state index in [2.05, 4.69) is 19.2 Å². The number of para-hydroxylation sites is 1. The Hall–Kier alpha value is -2.24. The molecular formula is C22H26Cl2N2O3. The van der Waals surface area contributed by atoms with Crippen LogP contribution in [0.2, 0.25) is 10.0 Å². The van der Waals surface area contributed by atoms with Gasteiger partial charge in [-0.2, -0.15) is 0 Å². The number of nitrogens with zero attached hydrogens (tertiary/aromatic N) is 1. The number of rotatable bonds is 8. The van der Waals surface area contributed by atoms with Gasteiger partial charge in [-0.05, 0) is 42.2 Å². The number of hydrogen-bond donors (Lipinski definition) is 1. The molecule has 156 valence electrons. The van der Waals surface area contributed by atoms with E-state index >= 15 is 0 Å². The van der Waals surface area contributed by atoms with Crippen molar-refractivity contribution in [3.63, 3.8) is 0 Å². The zero-order valence-electron chi connectivity index (χ0n) is 17.0. The lowest BCUT2D eigenvalue weighted by atomic mass is 10.0. The Morgan fingerprint density at radius 3 is 2.38 bits per heavy atom. The highest BCUT2D eigenvalue weighted by Gasteiger charge is 2.26. The Labute approximate surface area is 181 Å². The first-order valence-electron chi connectivity index (χ1n) is 9.41. The number of ether oxygens (including phenoxy) is 1. The fourth-order valence-electron chi connectivity index (χ4n) is 2.94. The summed E-state index contributed by atoms with van der Waals surface area (Å²) in [5.41, 5.74) is 1.79. The minimum atomic E-state index is -0.675. The van der Waals surface area contributed by atoms with Gasteiger partial charge in [-0.1, -0.05) is 61.3 Å². The number of hydrogen-bond acceptors (Lipinski definition) is 3. The molecule has 2 amide bonds. The smallest absolute Gasteiger partial charge is 0.261 e. The Kier molecular flexibility index (Phi) is 8.35. The van der Waals surface area contributed by atoms with Crippen LogP contribution in [-0.4, -0.2) is 36.4 Å². The van der Waals surface area contributed by atoms with Gasteiger partial charge in [0.25, 0.3) is 5.91 Å². The Morgan fingerprint density at radius 2 is 1.76 bits per heavy atom.